The lowest BCUT2D eigenvalue weighted by Gasteiger charge is -2.24. The maximum Gasteiger partial charge on any atom is 0.326 e. The van der Waals surface area contributed by atoms with E-state index in [4.69, 9.17) is 10.8 Å². The molecular weight excluding hydrogens is 524 g/mol. The number of thioether (sulfide) groups is 1. The molecular formula is C23H32N4O10S. The highest BCUT2D eigenvalue weighted by atomic mass is 32.2. The monoisotopic (exact) mass is 556 g/mol. The number of phenolic OH excluding ortho intramolecular Hbond substituents is 1. The molecule has 0 heterocycles. The molecule has 0 fully saturated rings. The van der Waals surface area contributed by atoms with Crippen molar-refractivity contribution >= 4 is 47.4 Å². The van der Waals surface area contributed by atoms with Crippen molar-refractivity contribution < 1.29 is 49.2 Å². The van der Waals surface area contributed by atoms with Crippen molar-refractivity contribution in [2.45, 2.75) is 56.3 Å². The number of aromatic hydroxyl groups is 1. The molecule has 4 unspecified atom stereocenters. The van der Waals surface area contributed by atoms with Gasteiger partial charge in [-0.25, -0.2) is 4.79 Å². The summed E-state index contributed by atoms with van der Waals surface area (Å²) in [6, 6.07) is -0.125. The second-order valence-electron chi connectivity index (χ2n) is 8.31. The first-order valence-electron chi connectivity index (χ1n) is 11.4. The van der Waals surface area contributed by atoms with Gasteiger partial charge in [-0.2, -0.15) is 11.8 Å². The Morgan fingerprint density at radius 2 is 1.37 bits per heavy atom. The van der Waals surface area contributed by atoms with Crippen molar-refractivity contribution in [3.05, 3.63) is 29.8 Å². The number of rotatable bonds is 17. The predicted molar refractivity (Wildman–Crippen MR) is 135 cm³/mol. The zero-order chi connectivity index (χ0) is 28.8. The van der Waals surface area contributed by atoms with Crippen molar-refractivity contribution in [1.82, 2.24) is 16.0 Å². The molecule has 0 saturated carbocycles. The van der Waals surface area contributed by atoms with Crippen LogP contribution >= 0.6 is 11.8 Å². The van der Waals surface area contributed by atoms with Crippen LogP contribution in [-0.2, 0) is 35.2 Å². The van der Waals surface area contributed by atoms with Crippen molar-refractivity contribution in [3.63, 3.8) is 0 Å². The van der Waals surface area contributed by atoms with E-state index in [-0.39, 0.29) is 18.6 Å². The van der Waals surface area contributed by atoms with Gasteiger partial charge in [-0.1, -0.05) is 12.1 Å². The van der Waals surface area contributed by atoms with Crippen LogP contribution in [0.3, 0.4) is 0 Å². The van der Waals surface area contributed by atoms with Crippen LogP contribution in [0.25, 0.3) is 0 Å². The topological polar surface area (TPSA) is 245 Å². The number of benzene rings is 1. The number of aliphatic carboxylic acids is 3. The molecule has 1 aromatic rings. The van der Waals surface area contributed by atoms with Gasteiger partial charge in [0.1, 0.15) is 23.9 Å². The maximum absolute atomic E-state index is 12.9. The number of amides is 3. The number of carbonyl (C=O) groups is 6. The number of hydrogen-bond acceptors (Lipinski definition) is 9. The number of nitrogens with two attached hydrogens (primary N) is 1. The third-order valence-electron chi connectivity index (χ3n) is 5.25. The van der Waals surface area contributed by atoms with Crippen LogP contribution in [0.2, 0.25) is 0 Å². The van der Waals surface area contributed by atoms with E-state index in [2.05, 4.69) is 16.0 Å². The summed E-state index contributed by atoms with van der Waals surface area (Å²) in [4.78, 5) is 72.2. The molecule has 38 heavy (non-hydrogen) atoms. The minimum atomic E-state index is -1.63. The Morgan fingerprint density at radius 3 is 1.89 bits per heavy atom. The Balaban J connectivity index is 3.04. The molecule has 0 aliphatic carbocycles. The molecule has 0 aromatic heterocycles. The second kappa shape index (κ2) is 16.1. The van der Waals surface area contributed by atoms with E-state index in [1.165, 1.54) is 36.0 Å². The summed E-state index contributed by atoms with van der Waals surface area (Å²) in [5.41, 5.74) is 6.23. The molecule has 0 bridgehead atoms. The fourth-order valence-corrected chi connectivity index (χ4v) is 3.68. The van der Waals surface area contributed by atoms with Gasteiger partial charge in [0.15, 0.2) is 0 Å². The third kappa shape index (κ3) is 11.9. The highest BCUT2D eigenvalue weighted by Gasteiger charge is 2.31. The number of phenols is 1. The lowest BCUT2D eigenvalue weighted by molar-refractivity contribution is -0.143. The number of carboxylic acid groups (broad SMARTS) is 3. The van der Waals surface area contributed by atoms with E-state index in [0.717, 1.165) is 0 Å². The molecule has 4 atom stereocenters. The fraction of sp³-hybridized carbons (Fsp3) is 0.478. The largest absolute Gasteiger partial charge is 0.508 e. The third-order valence-corrected chi connectivity index (χ3v) is 5.90. The zero-order valence-corrected chi connectivity index (χ0v) is 21.4. The molecule has 1 aromatic carbocycles. The van der Waals surface area contributed by atoms with Crippen molar-refractivity contribution in [3.8, 4) is 5.75 Å². The summed E-state index contributed by atoms with van der Waals surface area (Å²) in [6.45, 7) is 0. The Hall–Kier alpha value is -3.85. The first-order chi connectivity index (χ1) is 17.8. The summed E-state index contributed by atoms with van der Waals surface area (Å²) in [5, 5.41) is 43.8. The summed E-state index contributed by atoms with van der Waals surface area (Å²) >= 11 is 1.43. The van der Waals surface area contributed by atoms with Gasteiger partial charge < -0.3 is 42.1 Å². The van der Waals surface area contributed by atoms with Gasteiger partial charge in [-0.05, 0) is 42.5 Å². The number of carbonyl (C=O) groups excluding carboxylic acids is 3. The average molecular weight is 557 g/mol. The fourth-order valence-electron chi connectivity index (χ4n) is 3.19. The molecule has 14 nitrogen and oxygen atoms in total. The Morgan fingerprint density at radius 1 is 0.816 bits per heavy atom. The quantitative estimate of drug-likeness (QED) is 0.114. The van der Waals surface area contributed by atoms with E-state index in [9.17, 15) is 44.1 Å². The Labute approximate surface area is 222 Å². The molecule has 0 spiro atoms. The van der Waals surface area contributed by atoms with E-state index in [1.54, 1.807) is 6.26 Å². The van der Waals surface area contributed by atoms with Crippen LogP contribution in [0.4, 0.5) is 0 Å². The number of hydrogen-bond donors (Lipinski definition) is 8. The van der Waals surface area contributed by atoms with Gasteiger partial charge in [0.2, 0.25) is 17.7 Å². The molecule has 3 amide bonds. The minimum absolute atomic E-state index is 0.0469. The van der Waals surface area contributed by atoms with Crippen molar-refractivity contribution in [1.29, 1.82) is 0 Å². The normalized spacial score (nSPS) is 13.8. The maximum atomic E-state index is 12.9. The zero-order valence-electron chi connectivity index (χ0n) is 20.6. The van der Waals surface area contributed by atoms with Gasteiger partial charge in [0.25, 0.3) is 0 Å². The molecule has 210 valence electrons. The lowest BCUT2D eigenvalue weighted by atomic mass is 10.0. The molecule has 15 heteroatoms. The van der Waals surface area contributed by atoms with Gasteiger partial charge in [-0.3, -0.25) is 24.0 Å². The first-order valence-corrected chi connectivity index (χ1v) is 12.8. The summed E-state index contributed by atoms with van der Waals surface area (Å²) in [7, 11) is 0. The summed E-state index contributed by atoms with van der Waals surface area (Å²) in [5.74, 6) is -6.56. The molecule has 0 aliphatic heterocycles. The van der Waals surface area contributed by atoms with Crippen LogP contribution in [-0.4, -0.2) is 92.2 Å². The standard InChI is InChI=1S/C23H32N4O10S/c1-38-9-8-14(24)20(33)26-16(11-19(31)32)22(35)25-15(6-7-18(29)30)21(34)27-17(23(36)37)10-12-2-4-13(28)5-3-12/h2-5,14-17,28H,6-11,24H2,1H3,(H,25,35)(H,26,33)(H,27,34)(H,29,30)(H,31,32)(H,36,37). The number of carboxylic acids is 3. The number of nitrogens with one attached hydrogen (secondary N) is 3. The smallest absolute Gasteiger partial charge is 0.326 e. The van der Waals surface area contributed by atoms with Crippen LogP contribution in [0.5, 0.6) is 5.75 Å². The highest BCUT2D eigenvalue weighted by Crippen LogP contribution is 2.12. The predicted octanol–water partition coefficient (Wildman–Crippen LogP) is -1.11. The van der Waals surface area contributed by atoms with Crippen LogP contribution < -0.4 is 21.7 Å². The van der Waals surface area contributed by atoms with Crippen molar-refractivity contribution in [2.24, 2.45) is 5.73 Å². The second-order valence-corrected chi connectivity index (χ2v) is 9.30. The lowest BCUT2D eigenvalue weighted by Crippen LogP contribution is -2.57. The van der Waals surface area contributed by atoms with Crippen molar-refractivity contribution in [2.75, 3.05) is 12.0 Å². The molecule has 0 saturated heterocycles. The Kier molecular flexibility index (Phi) is 13.6. The molecule has 9 N–H and O–H groups in total. The van der Waals surface area contributed by atoms with E-state index in [1.807, 2.05) is 0 Å². The van der Waals surface area contributed by atoms with E-state index < -0.39 is 79.1 Å². The van der Waals surface area contributed by atoms with Crippen LogP contribution in [0, 0.1) is 0 Å². The molecule has 0 aliphatic rings. The molecule has 1 rings (SSSR count). The van der Waals surface area contributed by atoms with E-state index >= 15 is 0 Å². The van der Waals surface area contributed by atoms with Gasteiger partial charge >= 0.3 is 17.9 Å². The van der Waals surface area contributed by atoms with Gasteiger partial charge in [0, 0.05) is 12.8 Å². The molecule has 0 radical (unpaired) electrons. The van der Waals surface area contributed by atoms with Crippen LogP contribution in [0.15, 0.2) is 24.3 Å². The SMILES string of the molecule is CSCCC(N)C(=O)NC(CC(=O)O)C(=O)NC(CCC(=O)O)C(=O)NC(Cc1ccc(O)cc1)C(=O)O. The summed E-state index contributed by atoms with van der Waals surface area (Å²) < 4.78 is 0. The first kappa shape index (κ1) is 32.2. The highest BCUT2D eigenvalue weighted by molar-refractivity contribution is 7.98. The van der Waals surface area contributed by atoms with Gasteiger partial charge in [-0.15, -0.1) is 0 Å². The van der Waals surface area contributed by atoms with Gasteiger partial charge in [0.05, 0.1) is 12.5 Å². The average Bonchev–Trinajstić information content (AvgIpc) is 2.84. The minimum Gasteiger partial charge on any atom is -0.508 e. The van der Waals surface area contributed by atoms with E-state index in [0.29, 0.717) is 11.3 Å². The summed E-state index contributed by atoms with van der Waals surface area (Å²) in [6.07, 6.45) is -0.00280. The Bertz CT molecular complexity index is 1000. The van der Waals surface area contributed by atoms with Crippen LogP contribution in [0.1, 0.15) is 31.2 Å².